The summed E-state index contributed by atoms with van der Waals surface area (Å²) in [5.74, 6) is -1.50. The average molecular weight is 246 g/mol. The third-order valence-corrected chi connectivity index (χ3v) is 1.78. The lowest BCUT2D eigenvalue weighted by Crippen LogP contribution is -2.27. The Kier molecular flexibility index (Phi) is 7.16. The van der Waals surface area contributed by atoms with Crippen LogP contribution in [0.5, 0.6) is 0 Å². The Balaban J connectivity index is 3.80. The van der Waals surface area contributed by atoms with E-state index in [1.807, 2.05) is 0 Å². The third-order valence-electron chi connectivity index (χ3n) is 1.78. The lowest BCUT2D eigenvalue weighted by Gasteiger charge is -2.13. The molecule has 17 heavy (non-hydrogen) atoms. The molecule has 0 aromatic heterocycles. The zero-order chi connectivity index (χ0) is 13.4. The fourth-order valence-electron chi connectivity index (χ4n) is 0.732. The van der Waals surface area contributed by atoms with Gasteiger partial charge in [-0.2, -0.15) is 0 Å². The van der Waals surface area contributed by atoms with Gasteiger partial charge < -0.3 is 19.7 Å². The van der Waals surface area contributed by atoms with Crippen molar-refractivity contribution < 1.29 is 29.3 Å². The molecule has 98 valence electrons. The fraction of sp³-hybridized carbons (Fsp3) is 0.636. The molecule has 0 rings (SSSR count). The molecule has 0 fully saturated rings. The predicted molar refractivity (Wildman–Crippen MR) is 59.0 cm³/mol. The number of aliphatic hydroxyl groups is 2. The number of carbonyl (C=O) groups is 2. The molecule has 1 atom stereocenters. The first-order chi connectivity index (χ1) is 7.88. The number of aliphatic hydroxyl groups excluding tert-OH is 2. The Labute approximate surface area is 99.8 Å². The highest BCUT2D eigenvalue weighted by molar-refractivity contribution is 5.87. The lowest BCUT2D eigenvalue weighted by molar-refractivity contribution is -0.153. The molecule has 0 aromatic rings. The molecule has 0 amide bonds. The molecule has 0 radical (unpaired) electrons. The van der Waals surface area contributed by atoms with E-state index >= 15 is 0 Å². The van der Waals surface area contributed by atoms with E-state index in [4.69, 9.17) is 9.84 Å². The van der Waals surface area contributed by atoms with Crippen LogP contribution in [0.1, 0.15) is 13.8 Å². The molecule has 6 heteroatoms. The van der Waals surface area contributed by atoms with E-state index in [1.54, 1.807) is 13.8 Å². The van der Waals surface area contributed by atoms with Gasteiger partial charge in [0.25, 0.3) is 0 Å². The van der Waals surface area contributed by atoms with Gasteiger partial charge >= 0.3 is 11.9 Å². The highest BCUT2D eigenvalue weighted by atomic mass is 16.6. The second-order valence-corrected chi connectivity index (χ2v) is 3.80. The Hall–Kier alpha value is -1.40. The van der Waals surface area contributed by atoms with Gasteiger partial charge in [-0.25, -0.2) is 4.79 Å². The van der Waals surface area contributed by atoms with Crippen LogP contribution in [0.25, 0.3) is 0 Å². The van der Waals surface area contributed by atoms with Gasteiger partial charge in [-0.15, -0.1) is 0 Å². The first-order valence-electron chi connectivity index (χ1n) is 5.19. The summed E-state index contributed by atoms with van der Waals surface area (Å²) in [6, 6.07) is 0. The van der Waals surface area contributed by atoms with Crippen LogP contribution in [-0.4, -0.2) is 48.1 Å². The molecular formula is C11H18O6. The van der Waals surface area contributed by atoms with E-state index in [1.165, 1.54) is 0 Å². The SMILES string of the molecule is C=C(CO)C(=O)OCC(O)COC(=O)C(C)C. The normalized spacial score (nSPS) is 12.1. The van der Waals surface area contributed by atoms with Gasteiger partial charge in [0.1, 0.15) is 19.3 Å². The van der Waals surface area contributed by atoms with Crippen molar-refractivity contribution in [2.24, 2.45) is 5.92 Å². The minimum atomic E-state index is -1.09. The van der Waals surface area contributed by atoms with Crippen molar-refractivity contribution in [1.82, 2.24) is 0 Å². The van der Waals surface area contributed by atoms with E-state index in [9.17, 15) is 14.7 Å². The van der Waals surface area contributed by atoms with Crippen molar-refractivity contribution >= 4 is 11.9 Å². The lowest BCUT2D eigenvalue weighted by atomic mass is 10.2. The van der Waals surface area contributed by atoms with Crippen molar-refractivity contribution in [1.29, 1.82) is 0 Å². The number of esters is 2. The van der Waals surface area contributed by atoms with E-state index in [2.05, 4.69) is 11.3 Å². The van der Waals surface area contributed by atoms with Gasteiger partial charge in [-0.1, -0.05) is 20.4 Å². The summed E-state index contributed by atoms with van der Waals surface area (Å²) in [5.41, 5.74) is -0.101. The van der Waals surface area contributed by atoms with E-state index in [0.29, 0.717) is 0 Å². The summed E-state index contributed by atoms with van der Waals surface area (Å²) in [5, 5.41) is 17.9. The van der Waals surface area contributed by atoms with Crippen LogP contribution in [0.4, 0.5) is 0 Å². The molecule has 0 saturated heterocycles. The van der Waals surface area contributed by atoms with Gasteiger partial charge in [-0.3, -0.25) is 4.79 Å². The molecule has 0 aromatic carbocycles. The number of ether oxygens (including phenoxy) is 2. The highest BCUT2D eigenvalue weighted by Gasteiger charge is 2.14. The Morgan fingerprint density at radius 2 is 1.76 bits per heavy atom. The third kappa shape index (κ3) is 6.70. The van der Waals surface area contributed by atoms with E-state index in [-0.39, 0.29) is 24.7 Å². The van der Waals surface area contributed by atoms with Crippen LogP contribution in [0, 0.1) is 5.92 Å². The predicted octanol–water partition coefficient (Wildman–Crippen LogP) is -0.362. The Morgan fingerprint density at radius 1 is 1.24 bits per heavy atom. The summed E-state index contributed by atoms with van der Waals surface area (Å²) in [7, 11) is 0. The Bertz CT molecular complexity index is 284. The summed E-state index contributed by atoms with van der Waals surface area (Å²) >= 11 is 0. The zero-order valence-electron chi connectivity index (χ0n) is 10.0. The first kappa shape index (κ1) is 15.6. The minimum Gasteiger partial charge on any atom is -0.463 e. The summed E-state index contributed by atoms with van der Waals surface area (Å²) in [6.45, 7) is 5.53. The standard InChI is InChI=1S/C11H18O6/c1-7(2)10(14)16-5-9(13)6-17-11(15)8(3)4-12/h7,9,12-13H,3-6H2,1-2H3. The molecule has 0 aliphatic carbocycles. The molecule has 0 aliphatic heterocycles. The van der Waals surface area contributed by atoms with Crippen LogP contribution < -0.4 is 0 Å². The zero-order valence-corrected chi connectivity index (χ0v) is 10.0. The fourth-order valence-corrected chi connectivity index (χ4v) is 0.732. The summed E-state index contributed by atoms with van der Waals surface area (Å²) in [4.78, 5) is 22.1. The van der Waals surface area contributed by atoms with Crippen molar-refractivity contribution in [2.75, 3.05) is 19.8 Å². The maximum Gasteiger partial charge on any atom is 0.335 e. The van der Waals surface area contributed by atoms with Crippen LogP contribution in [0.2, 0.25) is 0 Å². The van der Waals surface area contributed by atoms with Gasteiger partial charge in [0.05, 0.1) is 18.1 Å². The summed E-state index contributed by atoms with van der Waals surface area (Å²) in [6.07, 6.45) is -1.09. The maximum atomic E-state index is 11.1. The topological polar surface area (TPSA) is 93.1 Å². The molecule has 1 unspecified atom stereocenters. The molecular weight excluding hydrogens is 228 g/mol. The second-order valence-electron chi connectivity index (χ2n) is 3.80. The largest absolute Gasteiger partial charge is 0.463 e. The monoisotopic (exact) mass is 246 g/mol. The van der Waals surface area contributed by atoms with Crippen molar-refractivity contribution in [2.45, 2.75) is 20.0 Å². The smallest absolute Gasteiger partial charge is 0.335 e. The molecule has 0 bridgehead atoms. The number of rotatable bonds is 7. The molecule has 0 saturated carbocycles. The molecule has 0 aliphatic rings. The van der Waals surface area contributed by atoms with Gasteiger partial charge in [0.2, 0.25) is 0 Å². The van der Waals surface area contributed by atoms with Crippen LogP contribution in [-0.2, 0) is 19.1 Å². The number of carbonyl (C=O) groups excluding carboxylic acids is 2. The average Bonchev–Trinajstić information content (AvgIpc) is 2.31. The number of hydrogen-bond acceptors (Lipinski definition) is 6. The second kappa shape index (κ2) is 7.81. The van der Waals surface area contributed by atoms with E-state index < -0.39 is 24.6 Å². The molecule has 0 spiro atoms. The van der Waals surface area contributed by atoms with E-state index in [0.717, 1.165) is 0 Å². The van der Waals surface area contributed by atoms with Crippen LogP contribution >= 0.6 is 0 Å². The van der Waals surface area contributed by atoms with Crippen molar-refractivity contribution in [3.8, 4) is 0 Å². The molecule has 0 heterocycles. The van der Waals surface area contributed by atoms with Crippen molar-refractivity contribution in [3.05, 3.63) is 12.2 Å². The minimum absolute atomic E-state index is 0.101. The van der Waals surface area contributed by atoms with Crippen LogP contribution in [0.15, 0.2) is 12.2 Å². The first-order valence-corrected chi connectivity index (χ1v) is 5.19. The quantitative estimate of drug-likeness (QED) is 0.470. The van der Waals surface area contributed by atoms with Crippen molar-refractivity contribution in [3.63, 3.8) is 0 Å². The van der Waals surface area contributed by atoms with Crippen LogP contribution in [0.3, 0.4) is 0 Å². The van der Waals surface area contributed by atoms with Gasteiger partial charge in [0.15, 0.2) is 0 Å². The Morgan fingerprint density at radius 3 is 2.24 bits per heavy atom. The summed E-state index contributed by atoms with van der Waals surface area (Å²) < 4.78 is 9.34. The molecule has 2 N–H and O–H groups in total. The number of hydrogen-bond donors (Lipinski definition) is 2. The maximum absolute atomic E-state index is 11.1. The molecule has 6 nitrogen and oxygen atoms in total. The van der Waals surface area contributed by atoms with Gasteiger partial charge in [-0.05, 0) is 0 Å². The van der Waals surface area contributed by atoms with Gasteiger partial charge in [0, 0.05) is 0 Å². The highest BCUT2D eigenvalue weighted by Crippen LogP contribution is 1.99.